The standard InChI is InChI=1S/C19H18N4O2/c1-14(15-7-3-2-4-8-15)23-25-13-19(24)22-21-12-16-11-20-18-10-6-5-9-17(16)18/h2-12,20H,13H2,1H3,(H,22,24)/b21-12+,23-14+. The Hall–Kier alpha value is -3.41. The molecular formula is C19H18N4O2. The summed E-state index contributed by atoms with van der Waals surface area (Å²) in [5.74, 6) is -0.374. The van der Waals surface area contributed by atoms with Gasteiger partial charge >= 0.3 is 0 Å². The van der Waals surface area contributed by atoms with Gasteiger partial charge in [0.1, 0.15) is 0 Å². The number of nitrogens with one attached hydrogen (secondary N) is 2. The van der Waals surface area contributed by atoms with Gasteiger partial charge in [-0.2, -0.15) is 5.10 Å². The van der Waals surface area contributed by atoms with Crippen LogP contribution in [-0.2, 0) is 9.63 Å². The third-order valence-corrected chi connectivity index (χ3v) is 3.60. The molecule has 6 heteroatoms. The predicted octanol–water partition coefficient (Wildman–Crippen LogP) is 3.06. The quantitative estimate of drug-likeness (QED) is 0.537. The Bertz CT molecular complexity index is 913. The maximum atomic E-state index is 11.7. The lowest BCUT2D eigenvalue weighted by molar-refractivity contribution is -0.125. The van der Waals surface area contributed by atoms with Crippen molar-refractivity contribution >= 4 is 28.7 Å². The maximum absolute atomic E-state index is 11.7. The van der Waals surface area contributed by atoms with E-state index >= 15 is 0 Å². The number of aromatic nitrogens is 1. The molecule has 25 heavy (non-hydrogen) atoms. The second-order valence-corrected chi connectivity index (χ2v) is 5.40. The Balaban J connectivity index is 1.50. The highest BCUT2D eigenvalue weighted by atomic mass is 16.6. The average molecular weight is 334 g/mol. The minimum Gasteiger partial charge on any atom is -0.385 e. The van der Waals surface area contributed by atoms with Gasteiger partial charge in [-0.3, -0.25) is 4.79 Å². The van der Waals surface area contributed by atoms with Crippen LogP contribution >= 0.6 is 0 Å². The molecule has 2 aromatic carbocycles. The lowest BCUT2D eigenvalue weighted by atomic mass is 10.1. The van der Waals surface area contributed by atoms with Gasteiger partial charge in [-0.15, -0.1) is 0 Å². The number of hydrogen-bond acceptors (Lipinski definition) is 4. The minimum absolute atomic E-state index is 0.199. The van der Waals surface area contributed by atoms with Gasteiger partial charge in [0, 0.05) is 22.7 Å². The van der Waals surface area contributed by atoms with Gasteiger partial charge in [0.15, 0.2) is 6.61 Å². The van der Waals surface area contributed by atoms with Gasteiger partial charge in [0.25, 0.3) is 5.91 Å². The molecule has 0 spiro atoms. The van der Waals surface area contributed by atoms with E-state index in [1.54, 1.807) is 6.21 Å². The zero-order valence-corrected chi connectivity index (χ0v) is 13.8. The minimum atomic E-state index is -0.374. The van der Waals surface area contributed by atoms with Gasteiger partial charge in [-0.05, 0) is 18.6 Å². The van der Waals surface area contributed by atoms with Crippen LogP contribution in [0.1, 0.15) is 18.1 Å². The van der Waals surface area contributed by atoms with E-state index in [2.05, 4.69) is 20.7 Å². The van der Waals surface area contributed by atoms with E-state index in [-0.39, 0.29) is 12.5 Å². The van der Waals surface area contributed by atoms with E-state index < -0.39 is 0 Å². The fraction of sp³-hybridized carbons (Fsp3) is 0.105. The van der Waals surface area contributed by atoms with Crippen LogP contribution in [0, 0.1) is 0 Å². The van der Waals surface area contributed by atoms with Gasteiger partial charge in [0.05, 0.1) is 11.9 Å². The number of H-pyrrole nitrogens is 1. The number of fused-ring (bicyclic) bond motifs is 1. The predicted molar refractivity (Wildman–Crippen MR) is 98.6 cm³/mol. The fourth-order valence-corrected chi connectivity index (χ4v) is 2.33. The molecule has 0 bridgehead atoms. The summed E-state index contributed by atoms with van der Waals surface area (Å²) in [4.78, 5) is 19.9. The van der Waals surface area contributed by atoms with E-state index in [0.29, 0.717) is 5.71 Å². The van der Waals surface area contributed by atoms with Crippen molar-refractivity contribution in [3.63, 3.8) is 0 Å². The average Bonchev–Trinajstić information content (AvgIpc) is 3.06. The molecule has 1 aromatic heterocycles. The van der Waals surface area contributed by atoms with Crippen molar-refractivity contribution in [3.05, 3.63) is 71.9 Å². The summed E-state index contributed by atoms with van der Waals surface area (Å²) in [5, 5.41) is 8.92. The molecule has 6 nitrogen and oxygen atoms in total. The summed E-state index contributed by atoms with van der Waals surface area (Å²) in [7, 11) is 0. The fourth-order valence-electron chi connectivity index (χ4n) is 2.33. The first-order valence-electron chi connectivity index (χ1n) is 7.84. The molecule has 3 rings (SSSR count). The van der Waals surface area contributed by atoms with E-state index in [4.69, 9.17) is 4.84 Å². The molecule has 1 amide bonds. The molecule has 1 heterocycles. The Kier molecular flexibility index (Phi) is 5.21. The van der Waals surface area contributed by atoms with Crippen LogP contribution in [0.2, 0.25) is 0 Å². The molecule has 0 aliphatic rings. The monoisotopic (exact) mass is 334 g/mol. The van der Waals surface area contributed by atoms with E-state index in [0.717, 1.165) is 22.0 Å². The molecule has 126 valence electrons. The third kappa shape index (κ3) is 4.32. The van der Waals surface area contributed by atoms with Crippen LogP contribution in [0.4, 0.5) is 0 Å². The van der Waals surface area contributed by atoms with E-state index in [9.17, 15) is 4.79 Å². The van der Waals surface area contributed by atoms with Crippen molar-refractivity contribution in [2.45, 2.75) is 6.92 Å². The number of amides is 1. The van der Waals surface area contributed by atoms with Gasteiger partial charge in [-0.25, -0.2) is 5.43 Å². The van der Waals surface area contributed by atoms with Crippen LogP contribution < -0.4 is 5.43 Å². The zero-order chi connectivity index (χ0) is 17.5. The Morgan fingerprint density at radius 3 is 2.76 bits per heavy atom. The maximum Gasteiger partial charge on any atom is 0.280 e. The number of hydrogen-bond donors (Lipinski definition) is 2. The summed E-state index contributed by atoms with van der Waals surface area (Å²) in [5.41, 5.74) is 5.99. The van der Waals surface area contributed by atoms with Crippen LogP contribution in [-0.4, -0.2) is 29.4 Å². The van der Waals surface area contributed by atoms with Crippen molar-refractivity contribution in [1.82, 2.24) is 10.4 Å². The zero-order valence-electron chi connectivity index (χ0n) is 13.8. The van der Waals surface area contributed by atoms with Crippen molar-refractivity contribution < 1.29 is 9.63 Å². The van der Waals surface area contributed by atoms with E-state index in [1.165, 1.54) is 0 Å². The largest absolute Gasteiger partial charge is 0.385 e. The highest BCUT2D eigenvalue weighted by Gasteiger charge is 2.02. The Morgan fingerprint density at radius 1 is 1.16 bits per heavy atom. The van der Waals surface area contributed by atoms with Gasteiger partial charge < -0.3 is 9.82 Å². The number of oxime groups is 1. The highest BCUT2D eigenvalue weighted by Crippen LogP contribution is 2.15. The van der Waals surface area contributed by atoms with Crippen LogP contribution in [0.5, 0.6) is 0 Å². The van der Waals surface area contributed by atoms with Gasteiger partial charge in [-0.1, -0.05) is 53.7 Å². The number of nitrogens with zero attached hydrogens (tertiary/aromatic N) is 2. The second kappa shape index (κ2) is 7.92. The van der Waals surface area contributed by atoms with Crippen molar-refractivity contribution in [2.24, 2.45) is 10.3 Å². The van der Waals surface area contributed by atoms with Crippen LogP contribution in [0.25, 0.3) is 10.9 Å². The Labute approximate surface area is 145 Å². The molecule has 0 saturated heterocycles. The topological polar surface area (TPSA) is 78.8 Å². The summed E-state index contributed by atoms with van der Waals surface area (Å²) >= 11 is 0. The number of para-hydroxylation sites is 1. The summed E-state index contributed by atoms with van der Waals surface area (Å²) in [6.07, 6.45) is 3.43. The van der Waals surface area contributed by atoms with Crippen molar-refractivity contribution in [3.8, 4) is 0 Å². The lowest BCUT2D eigenvalue weighted by Gasteiger charge is -2.01. The van der Waals surface area contributed by atoms with Crippen molar-refractivity contribution in [2.75, 3.05) is 6.61 Å². The molecule has 0 radical (unpaired) electrons. The smallest absolute Gasteiger partial charge is 0.280 e. The number of carbonyl (C=O) groups is 1. The van der Waals surface area contributed by atoms with Crippen LogP contribution in [0.3, 0.4) is 0 Å². The summed E-state index contributed by atoms with van der Waals surface area (Å²) in [6.45, 7) is 1.62. The number of benzene rings is 2. The second-order valence-electron chi connectivity index (χ2n) is 5.40. The molecule has 0 fully saturated rings. The molecule has 0 atom stereocenters. The molecule has 2 N–H and O–H groups in total. The third-order valence-electron chi connectivity index (χ3n) is 3.60. The first-order chi connectivity index (χ1) is 12.2. The SMILES string of the molecule is C/C(=N\OCC(=O)N/N=C/c1c[nH]c2ccccc12)c1ccccc1. The number of aromatic amines is 1. The molecule has 0 saturated carbocycles. The van der Waals surface area contributed by atoms with Crippen LogP contribution in [0.15, 0.2) is 71.1 Å². The summed E-state index contributed by atoms with van der Waals surface area (Å²) < 4.78 is 0. The first-order valence-corrected chi connectivity index (χ1v) is 7.84. The van der Waals surface area contributed by atoms with Gasteiger partial charge in [0.2, 0.25) is 0 Å². The number of carbonyl (C=O) groups excluding carboxylic acids is 1. The van der Waals surface area contributed by atoms with Crippen molar-refractivity contribution in [1.29, 1.82) is 0 Å². The molecule has 3 aromatic rings. The molecule has 0 aliphatic heterocycles. The molecule has 0 aliphatic carbocycles. The number of rotatable bonds is 6. The number of hydrazone groups is 1. The van der Waals surface area contributed by atoms with E-state index in [1.807, 2.05) is 67.7 Å². The Morgan fingerprint density at radius 2 is 1.92 bits per heavy atom. The lowest BCUT2D eigenvalue weighted by Crippen LogP contribution is -2.22. The highest BCUT2D eigenvalue weighted by molar-refractivity contribution is 5.99. The molecule has 0 unspecified atom stereocenters. The molecular weight excluding hydrogens is 316 g/mol. The summed E-state index contributed by atoms with van der Waals surface area (Å²) in [6, 6.07) is 17.5. The first kappa shape index (κ1) is 16.4. The normalized spacial score (nSPS) is 11.8.